The standard InChI is InChI=1S/C7H4F4O2S/c8-6-2-1-4(14(12)13)3-5(6)7(9,10)11/h1-3H,(H,12,13). The van der Waals surface area contributed by atoms with Gasteiger partial charge >= 0.3 is 6.18 Å². The molecule has 0 aromatic heterocycles. The average Bonchev–Trinajstić information content (AvgIpc) is 2.02. The number of halogens is 4. The first-order valence-electron chi connectivity index (χ1n) is 3.30. The average molecular weight is 228 g/mol. The number of rotatable bonds is 1. The van der Waals surface area contributed by atoms with E-state index in [4.69, 9.17) is 4.55 Å². The third kappa shape index (κ3) is 2.30. The summed E-state index contributed by atoms with van der Waals surface area (Å²) in [5, 5.41) is 0. The van der Waals surface area contributed by atoms with Crippen LogP contribution in [0.2, 0.25) is 0 Å². The van der Waals surface area contributed by atoms with E-state index < -0.39 is 33.5 Å². The SMILES string of the molecule is O=S(O)c1ccc(F)c(C(F)(F)F)c1. The summed E-state index contributed by atoms with van der Waals surface area (Å²) in [6.45, 7) is 0. The second-order valence-corrected chi connectivity index (χ2v) is 3.36. The Labute approximate surface area is 78.8 Å². The van der Waals surface area contributed by atoms with Gasteiger partial charge in [-0.15, -0.1) is 0 Å². The minimum atomic E-state index is -4.86. The van der Waals surface area contributed by atoms with Gasteiger partial charge in [0.2, 0.25) is 0 Å². The Balaban J connectivity index is 3.29. The molecule has 0 bridgehead atoms. The van der Waals surface area contributed by atoms with Gasteiger partial charge in [0.15, 0.2) is 11.1 Å². The molecule has 0 aliphatic carbocycles. The number of hydrogen-bond acceptors (Lipinski definition) is 1. The van der Waals surface area contributed by atoms with Gasteiger partial charge < -0.3 is 4.55 Å². The lowest BCUT2D eigenvalue weighted by molar-refractivity contribution is -0.140. The fourth-order valence-electron chi connectivity index (χ4n) is 0.830. The maximum absolute atomic E-state index is 12.6. The quantitative estimate of drug-likeness (QED) is 0.592. The second-order valence-electron chi connectivity index (χ2n) is 2.39. The number of alkyl halides is 3. The Morgan fingerprint density at radius 2 is 1.86 bits per heavy atom. The molecule has 1 rings (SSSR count). The van der Waals surface area contributed by atoms with Crippen LogP contribution in [0.4, 0.5) is 17.6 Å². The summed E-state index contributed by atoms with van der Waals surface area (Å²) in [4.78, 5) is -0.487. The molecule has 0 spiro atoms. The molecule has 1 atom stereocenters. The van der Waals surface area contributed by atoms with Gasteiger partial charge in [0.05, 0.1) is 10.5 Å². The predicted octanol–water partition coefficient (Wildman–Crippen LogP) is 2.43. The Kier molecular flexibility index (Phi) is 2.91. The zero-order chi connectivity index (χ0) is 10.9. The topological polar surface area (TPSA) is 37.3 Å². The summed E-state index contributed by atoms with van der Waals surface area (Å²) in [6.07, 6.45) is -4.86. The van der Waals surface area contributed by atoms with Crippen LogP contribution in [0.5, 0.6) is 0 Å². The molecule has 0 aliphatic heterocycles. The molecule has 0 saturated carbocycles. The largest absolute Gasteiger partial charge is 0.419 e. The van der Waals surface area contributed by atoms with Gasteiger partial charge in [-0.25, -0.2) is 8.60 Å². The lowest BCUT2D eigenvalue weighted by Gasteiger charge is -2.08. The summed E-state index contributed by atoms with van der Waals surface area (Å²) in [6, 6.07) is 1.64. The van der Waals surface area contributed by atoms with Crippen LogP contribution in [0.3, 0.4) is 0 Å². The van der Waals surface area contributed by atoms with Gasteiger partial charge in [0.25, 0.3) is 0 Å². The van der Waals surface area contributed by atoms with E-state index in [1.54, 1.807) is 0 Å². The number of benzene rings is 1. The highest BCUT2D eigenvalue weighted by Crippen LogP contribution is 2.32. The van der Waals surface area contributed by atoms with E-state index >= 15 is 0 Å². The summed E-state index contributed by atoms with van der Waals surface area (Å²) in [7, 11) is 0. The summed E-state index contributed by atoms with van der Waals surface area (Å²) >= 11 is -2.55. The maximum Gasteiger partial charge on any atom is 0.419 e. The van der Waals surface area contributed by atoms with E-state index in [1.807, 2.05) is 0 Å². The first-order valence-corrected chi connectivity index (χ1v) is 4.40. The molecule has 1 N–H and O–H groups in total. The molecular weight excluding hydrogens is 224 g/mol. The van der Waals surface area contributed by atoms with E-state index in [0.717, 1.165) is 6.07 Å². The van der Waals surface area contributed by atoms with Crippen LogP contribution in [0, 0.1) is 5.82 Å². The van der Waals surface area contributed by atoms with Crippen LogP contribution in [0.25, 0.3) is 0 Å². The first kappa shape index (κ1) is 11.1. The van der Waals surface area contributed by atoms with E-state index in [9.17, 15) is 21.8 Å². The molecule has 0 fully saturated rings. The van der Waals surface area contributed by atoms with Crippen molar-refractivity contribution in [2.45, 2.75) is 11.1 Å². The Morgan fingerprint density at radius 1 is 1.29 bits per heavy atom. The van der Waals surface area contributed by atoms with E-state index in [0.29, 0.717) is 12.1 Å². The highest BCUT2D eigenvalue weighted by Gasteiger charge is 2.34. The van der Waals surface area contributed by atoms with Crippen LogP contribution >= 0.6 is 0 Å². The molecule has 0 saturated heterocycles. The highest BCUT2D eigenvalue weighted by atomic mass is 32.2. The van der Waals surface area contributed by atoms with Crippen molar-refractivity contribution in [3.8, 4) is 0 Å². The molecule has 1 aromatic carbocycles. The lowest BCUT2D eigenvalue weighted by atomic mass is 10.2. The van der Waals surface area contributed by atoms with Crippen LogP contribution in [-0.2, 0) is 17.3 Å². The summed E-state index contributed by atoms with van der Waals surface area (Å²) in [5.41, 5.74) is -1.54. The Bertz CT molecular complexity index is 374. The van der Waals surface area contributed by atoms with Crippen molar-refractivity contribution in [3.05, 3.63) is 29.6 Å². The summed E-state index contributed by atoms with van der Waals surface area (Å²) in [5.74, 6) is -1.47. The molecule has 7 heteroatoms. The smallest absolute Gasteiger partial charge is 0.302 e. The van der Waals surface area contributed by atoms with Crippen LogP contribution in [0.1, 0.15) is 5.56 Å². The molecule has 0 aliphatic rings. The highest BCUT2D eigenvalue weighted by molar-refractivity contribution is 7.79. The molecule has 14 heavy (non-hydrogen) atoms. The van der Waals surface area contributed by atoms with Gasteiger partial charge in [0, 0.05) is 0 Å². The van der Waals surface area contributed by atoms with E-state index in [-0.39, 0.29) is 0 Å². The molecule has 0 heterocycles. The minimum absolute atomic E-state index is 0.311. The third-order valence-electron chi connectivity index (χ3n) is 1.44. The van der Waals surface area contributed by atoms with Crippen LogP contribution in [-0.4, -0.2) is 8.76 Å². The third-order valence-corrected chi connectivity index (χ3v) is 2.10. The molecule has 2 nitrogen and oxygen atoms in total. The van der Waals surface area contributed by atoms with E-state index in [1.165, 1.54) is 0 Å². The van der Waals surface area contributed by atoms with Gasteiger partial charge in [-0.1, -0.05) is 0 Å². The lowest BCUT2D eigenvalue weighted by Crippen LogP contribution is -2.09. The Hall–Kier alpha value is -0.950. The van der Waals surface area contributed by atoms with Gasteiger partial charge in [-0.05, 0) is 18.2 Å². The van der Waals surface area contributed by atoms with Crippen molar-refractivity contribution < 1.29 is 26.3 Å². The molecule has 0 radical (unpaired) electrons. The zero-order valence-corrected chi connectivity index (χ0v) is 7.32. The van der Waals surface area contributed by atoms with Crippen molar-refractivity contribution in [2.24, 2.45) is 0 Å². The maximum atomic E-state index is 12.6. The first-order chi connectivity index (χ1) is 6.32. The van der Waals surface area contributed by atoms with Crippen molar-refractivity contribution in [1.29, 1.82) is 0 Å². The van der Waals surface area contributed by atoms with Crippen molar-refractivity contribution in [1.82, 2.24) is 0 Å². The second kappa shape index (κ2) is 3.66. The zero-order valence-electron chi connectivity index (χ0n) is 6.51. The molecule has 78 valence electrons. The fourth-order valence-corrected chi connectivity index (χ4v) is 1.23. The number of hydrogen-bond donors (Lipinski definition) is 1. The molecular formula is C7H4F4O2S. The summed E-state index contributed by atoms with van der Waals surface area (Å²) < 4.78 is 67.7. The van der Waals surface area contributed by atoms with E-state index in [2.05, 4.69) is 0 Å². The van der Waals surface area contributed by atoms with Crippen molar-refractivity contribution in [3.63, 3.8) is 0 Å². The molecule has 1 unspecified atom stereocenters. The fraction of sp³-hybridized carbons (Fsp3) is 0.143. The van der Waals surface area contributed by atoms with Gasteiger partial charge in [0.1, 0.15) is 5.82 Å². The minimum Gasteiger partial charge on any atom is -0.302 e. The van der Waals surface area contributed by atoms with Gasteiger partial charge in [-0.2, -0.15) is 13.2 Å². The van der Waals surface area contributed by atoms with Crippen LogP contribution < -0.4 is 0 Å². The van der Waals surface area contributed by atoms with Crippen molar-refractivity contribution in [2.75, 3.05) is 0 Å². The normalized spacial score (nSPS) is 14.1. The van der Waals surface area contributed by atoms with Crippen molar-refractivity contribution >= 4 is 11.1 Å². The molecule has 0 amide bonds. The van der Waals surface area contributed by atoms with Gasteiger partial charge in [-0.3, -0.25) is 0 Å². The van der Waals surface area contributed by atoms with Crippen LogP contribution in [0.15, 0.2) is 23.1 Å². The monoisotopic (exact) mass is 228 g/mol. The predicted molar refractivity (Wildman–Crippen MR) is 40.4 cm³/mol. The molecule has 1 aromatic rings. The Morgan fingerprint density at radius 3 is 2.29 bits per heavy atom.